The summed E-state index contributed by atoms with van der Waals surface area (Å²) in [5.74, 6) is -1.52. The van der Waals surface area contributed by atoms with Gasteiger partial charge in [0.05, 0.1) is 12.2 Å². The van der Waals surface area contributed by atoms with E-state index >= 15 is 0 Å². The van der Waals surface area contributed by atoms with Crippen LogP contribution in [0, 0.1) is 0 Å². The van der Waals surface area contributed by atoms with Crippen molar-refractivity contribution in [1.29, 1.82) is 0 Å². The number of carbonyl (C=O) groups excluding carboxylic acids is 1. The van der Waals surface area contributed by atoms with Crippen molar-refractivity contribution in [2.45, 2.75) is 0 Å². The molecule has 0 aliphatic carbocycles. The fourth-order valence-electron chi connectivity index (χ4n) is 0.539. The van der Waals surface area contributed by atoms with E-state index in [1.807, 2.05) is 0 Å². The van der Waals surface area contributed by atoms with Gasteiger partial charge in [0.15, 0.2) is 0 Å². The quantitative estimate of drug-likeness (QED) is 0.446. The fraction of sp³-hybridized carbons (Fsp3) is 0. The van der Waals surface area contributed by atoms with Crippen LogP contribution >= 0.6 is 0 Å². The number of aromatic carboxylic acids is 1. The van der Waals surface area contributed by atoms with Crippen LogP contribution in [0.3, 0.4) is 0 Å². The van der Waals surface area contributed by atoms with Crippen LogP contribution in [0.4, 0.5) is 0 Å². The normalized spacial score (nSPS) is 8.36. The van der Waals surface area contributed by atoms with Gasteiger partial charge < -0.3 is 15.0 Å². The Hall–Kier alpha value is 0.0564. The topological polar surface area (TPSA) is 73.2 Å². The summed E-state index contributed by atoms with van der Waals surface area (Å²) in [5, 5.41) is 18.8. The number of nitrogens with zero attached hydrogens (tertiary/aromatic N) is 1. The Labute approximate surface area is 106 Å². The van der Waals surface area contributed by atoms with Gasteiger partial charge in [0.25, 0.3) is 0 Å². The molecule has 0 bridgehead atoms. The van der Waals surface area contributed by atoms with E-state index in [1.165, 1.54) is 0 Å². The van der Waals surface area contributed by atoms with Gasteiger partial charge >= 0.3 is 51.4 Å². The zero-order chi connectivity index (χ0) is 7.56. The largest absolute Gasteiger partial charge is 1.00 e. The van der Waals surface area contributed by atoms with Gasteiger partial charge in [0.1, 0.15) is 5.75 Å². The van der Waals surface area contributed by atoms with Crippen LogP contribution in [0.5, 0.6) is 5.75 Å². The fourth-order valence-corrected chi connectivity index (χ4v) is 0.539. The molecule has 1 aromatic heterocycles. The van der Waals surface area contributed by atoms with E-state index in [1.54, 1.807) is 0 Å². The number of aromatic nitrogens is 1. The maximum atomic E-state index is 10.1. The van der Waals surface area contributed by atoms with Crippen LogP contribution in [0.25, 0.3) is 0 Å². The Kier molecular flexibility index (Phi) is 4.86. The zero-order valence-corrected chi connectivity index (χ0v) is 9.07. The van der Waals surface area contributed by atoms with Crippen molar-refractivity contribution in [3.8, 4) is 5.75 Å². The summed E-state index contributed by atoms with van der Waals surface area (Å²) >= 11 is 0. The van der Waals surface area contributed by atoms with Crippen molar-refractivity contribution in [3.63, 3.8) is 0 Å². The standard InChI is InChI=1S/C6H5NO3.K/c8-5-1-4(6(9)10)2-7-3-5;/h1-3,8H,(H,9,10);/q;+1/p-1. The molecule has 0 saturated heterocycles. The molecule has 1 heterocycles. The van der Waals surface area contributed by atoms with Crippen LogP contribution in [0.15, 0.2) is 18.5 Å². The Morgan fingerprint density at radius 3 is 2.55 bits per heavy atom. The first-order valence-electron chi connectivity index (χ1n) is 2.55. The van der Waals surface area contributed by atoms with E-state index in [-0.39, 0.29) is 62.7 Å². The van der Waals surface area contributed by atoms with Crippen LogP contribution < -0.4 is 56.5 Å². The molecule has 1 aromatic rings. The van der Waals surface area contributed by atoms with Gasteiger partial charge in [0, 0.05) is 11.8 Å². The molecule has 1 rings (SSSR count). The average Bonchev–Trinajstić information content (AvgIpc) is 1.88. The average molecular weight is 177 g/mol. The number of aromatic hydroxyl groups is 1. The first-order valence-corrected chi connectivity index (χ1v) is 2.55. The summed E-state index contributed by atoms with van der Waals surface area (Å²) in [5.41, 5.74) is -0.125. The molecule has 0 amide bonds. The van der Waals surface area contributed by atoms with Gasteiger partial charge in [-0.15, -0.1) is 0 Å². The number of rotatable bonds is 1. The number of hydrogen-bond donors (Lipinski definition) is 1. The Balaban J connectivity index is 0.000001000. The molecule has 0 saturated carbocycles. The Bertz CT molecular complexity index is 264. The van der Waals surface area contributed by atoms with Crippen LogP contribution in [0.2, 0.25) is 0 Å². The SMILES string of the molecule is O=C([O-])c1cncc(O)c1.[K+]. The summed E-state index contributed by atoms with van der Waals surface area (Å²) in [6.07, 6.45) is 2.25. The van der Waals surface area contributed by atoms with Crippen molar-refractivity contribution in [3.05, 3.63) is 24.0 Å². The third-order valence-corrected chi connectivity index (χ3v) is 0.960. The van der Waals surface area contributed by atoms with Crippen LogP contribution in [0.1, 0.15) is 10.4 Å². The molecule has 4 nitrogen and oxygen atoms in total. The van der Waals surface area contributed by atoms with Gasteiger partial charge in [-0.1, -0.05) is 0 Å². The van der Waals surface area contributed by atoms with E-state index in [0.29, 0.717) is 0 Å². The molecule has 52 valence electrons. The second-order valence-electron chi connectivity index (χ2n) is 1.72. The number of carboxylic acid groups (broad SMARTS) is 1. The van der Waals surface area contributed by atoms with Crippen molar-refractivity contribution in [2.75, 3.05) is 0 Å². The molecular weight excluding hydrogens is 173 g/mol. The third-order valence-electron chi connectivity index (χ3n) is 0.960. The van der Waals surface area contributed by atoms with Crippen LogP contribution in [-0.2, 0) is 0 Å². The van der Waals surface area contributed by atoms with Gasteiger partial charge in [-0.3, -0.25) is 4.98 Å². The smallest absolute Gasteiger partial charge is 0.545 e. The predicted octanol–water partition coefficient (Wildman–Crippen LogP) is -3.85. The summed E-state index contributed by atoms with van der Waals surface area (Å²) in [7, 11) is 0. The molecule has 0 spiro atoms. The van der Waals surface area contributed by atoms with E-state index in [2.05, 4.69) is 4.98 Å². The minimum atomic E-state index is -1.34. The minimum Gasteiger partial charge on any atom is -0.545 e. The van der Waals surface area contributed by atoms with Crippen molar-refractivity contribution < 1.29 is 66.4 Å². The van der Waals surface area contributed by atoms with E-state index in [4.69, 9.17) is 5.11 Å². The number of pyridine rings is 1. The second-order valence-corrected chi connectivity index (χ2v) is 1.72. The third kappa shape index (κ3) is 3.30. The summed E-state index contributed by atoms with van der Waals surface area (Å²) < 4.78 is 0. The van der Waals surface area contributed by atoms with Gasteiger partial charge in [-0.05, 0) is 6.07 Å². The van der Waals surface area contributed by atoms with E-state index in [9.17, 15) is 9.90 Å². The molecule has 1 N–H and O–H groups in total. The van der Waals surface area contributed by atoms with Gasteiger partial charge in [-0.25, -0.2) is 0 Å². The number of hydrogen-bond acceptors (Lipinski definition) is 4. The molecule has 0 radical (unpaired) electrons. The zero-order valence-electron chi connectivity index (χ0n) is 5.94. The van der Waals surface area contributed by atoms with Crippen LogP contribution in [-0.4, -0.2) is 16.1 Å². The van der Waals surface area contributed by atoms with Crippen molar-refractivity contribution >= 4 is 5.97 Å². The van der Waals surface area contributed by atoms with Crippen molar-refractivity contribution in [2.24, 2.45) is 0 Å². The maximum Gasteiger partial charge on any atom is 1.00 e. The summed E-state index contributed by atoms with van der Waals surface area (Å²) in [6.45, 7) is 0. The number of carboxylic acids is 1. The summed E-state index contributed by atoms with van der Waals surface area (Å²) in [6, 6.07) is 1.07. The summed E-state index contributed by atoms with van der Waals surface area (Å²) in [4.78, 5) is 13.5. The van der Waals surface area contributed by atoms with Gasteiger partial charge in [0.2, 0.25) is 0 Å². The first kappa shape index (κ1) is 11.1. The molecule has 0 fully saturated rings. The maximum absolute atomic E-state index is 10.1. The monoisotopic (exact) mass is 177 g/mol. The molecule has 0 aromatic carbocycles. The number of carbonyl (C=O) groups is 1. The molecular formula is C6H4KNO3. The second kappa shape index (κ2) is 4.84. The molecule has 5 heteroatoms. The first-order chi connectivity index (χ1) is 4.70. The molecule has 0 aliphatic rings. The Morgan fingerprint density at radius 1 is 1.55 bits per heavy atom. The molecule has 0 atom stereocenters. The van der Waals surface area contributed by atoms with E-state index in [0.717, 1.165) is 18.5 Å². The molecule has 0 aliphatic heterocycles. The molecule has 11 heavy (non-hydrogen) atoms. The predicted molar refractivity (Wildman–Crippen MR) is 30.2 cm³/mol. The van der Waals surface area contributed by atoms with Gasteiger partial charge in [-0.2, -0.15) is 0 Å². The van der Waals surface area contributed by atoms with E-state index < -0.39 is 5.97 Å². The van der Waals surface area contributed by atoms with Crippen molar-refractivity contribution in [1.82, 2.24) is 4.98 Å². The minimum absolute atomic E-state index is 0. The Morgan fingerprint density at radius 2 is 2.18 bits per heavy atom. The molecule has 0 unspecified atom stereocenters.